The Morgan fingerprint density at radius 1 is 1.53 bits per heavy atom. The van der Waals surface area contributed by atoms with Gasteiger partial charge in [0.05, 0.1) is 6.10 Å². The molecule has 0 saturated heterocycles. The molecule has 19 heavy (non-hydrogen) atoms. The standard InChI is InChI=1S/C13H15ClFNO3/c1-8(13(17)16-19-10-3-2-4-10)18-12-6-5-9(14)7-11(12)15/h5-8,10H,2-4H2,1H3,(H,16,17). The van der Waals surface area contributed by atoms with E-state index in [2.05, 4.69) is 5.48 Å². The Kier molecular flexibility index (Phi) is 4.61. The van der Waals surface area contributed by atoms with E-state index in [9.17, 15) is 9.18 Å². The van der Waals surface area contributed by atoms with Crippen LogP contribution in [0.4, 0.5) is 4.39 Å². The number of carbonyl (C=O) groups is 1. The molecule has 0 spiro atoms. The monoisotopic (exact) mass is 287 g/mol. The van der Waals surface area contributed by atoms with Crippen LogP contribution >= 0.6 is 11.6 Å². The molecule has 1 unspecified atom stereocenters. The van der Waals surface area contributed by atoms with E-state index in [0.29, 0.717) is 0 Å². The van der Waals surface area contributed by atoms with Crippen molar-refractivity contribution in [3.63, 3.8) is 0 Å². The quantitative estimate of drug-likeness (QED) is 0.847. The average Bonchev–Trinajstić information content (AvgIpc) is 2.30. The lowest BCUT2D eigenvalue weighted by atomic mass is 9.97. The van der Waals surface area contributed by atoms with Gasteiger partial charge >= 0.3 is 0 Å². The normalized spacial score (nSPS) is 16.6. The number of halogens is 2. The predicted molar refractivity (Wildman–Crippen MR) is 68.4 cm³/mol. The molecule has 0 heterocycles. The van der Waals surface area contributed by atoms with E-state index in [0.717, 1.165) is 25.3 Å². The summed E-state index contributed by atoms with van der Waals surface area (Å²) >= 11 is 5.63. The predicted octanol–water partition coefficient (Wildman–Crippen LogP) is 2.85. The molecule has 104 valence electrons. The van der Waals surface area contributed by atoms with Gasteiger partial charge in [0.1, 0.15) is 0 Å². The number of amides is 1. The van der Waals surface area contributed by atoms with Gasteiger partial charge in [-0.25, -0.2) is 9.87 Å². The second-order valence-corrected chi connectivity index (χ2v) is 4.91. The third kappa shape index (κ3) is 3.81. The lowest BCUT2D eigenvalue weighted by Gasteiger charge is -2.25. The van der Waals surface area contributed by atoms with Gasteiger partial charge in [-0.1, -0.05) is 11.6 Å². The van der Waals surface area contributed by atoms with E-state index >= 15 is 0 Å². The zero-order valence-electron chi connectivity index (χ0n) is 10.5. The first kappa shape index (κ1) is 14.1. The van der Waals surface area contributed by atoms with Gasteiger partial charge in [0, 0.05) is 5.02 Å². The van der Waals surface area contributed by atoms with E-state index in [1.54, 1.807) is 0 Å². The van der Waals surface area contributed by atoms with Crippen molar-refractivity contribution in [2.45, 2.75) is 38.4 Å². The van der Waals surface area contributed by atoms with Crippen LogP contribution in [0.15, 0.2) is 18.2 Å². The zero-order chi connectivity index (χ0) is 13.8. The minimum Gasteiger partial charge on any atom is -0.478 e. The van der Waals surface area contributed by atoms with Crippen LogP contribution in [0.2, 0.25) is 5.02 Å². The van der Waals surface area contributed by atoms with E-state index in [1.165, 1.54) is 19.1 Å². The molecule has 0 aliphatic heterocycles. The van der Waals surface area contributed by atoms with Gasteiger partial charge in [-0.05, 0) is 44.4 Å². The van der Waals surface area contributed by atoms with E-state index in [1.807, 2.05) is 0 Å². The fourth-order valence-electron chi connectivity index (χ4n) is 1.53. The largest absolute Gasteiger partial charge is 0.478 e. The topological polar surface area (TPSA) is 47.6 Å². The average molecular weight is 288 g/mol. The lowest BCUT2D eigenvalue weighted by Crippen LogP contribution is -2.40. The van der Waals surface area contributed by atoms with Crippen molar-refractivity contribution >= 4 is 17.5 Å². The van der Waals surface area contributed by atoms with Gasteiger partial charge in [-0.15, -0.1) is 0 Å². The molecule has 1 aliphatic carbocycles. The number of hydrogen-bond acceptors (Lipinski definition) is 3. The minimum atomic E-state index is -0.851. The van der Waals surface area contributed by atoms with Crippen molar-refractivity contribution in [1.29, 1.82) is 0 Å². The molecular weight excluding hydrogens is 273 g/mol. The molecule has 1 atom stereocenters. The fourth-order valence-corrected chi connectivity index (χ4v) is 1.69. The van der Waals surface area contributed by atoms with Crippen molar-refractivity contribution in [1.82, 2.24) is 5.48 Å². The number of rotatable bonds is 5. The lowest BCUT2D eigenvalue weighted by molar-refractivity contribution is -0.149. The highest BCUT2D eigenvalue weighted by Crippen LogP contribution is 2.23. The molecular formula is C13H15ClFNO3. The number of hydrogen-bond donors (Lipinski definition) is 1. The molecule has 1 N–H and O–H groups in total. The summed E-state index contributed by atoms with van der Waals surface area (Å²) in [7, 11) is 0. The Balaban J connectivity index is 1.84. The van der Waals surface area contributed by atoms with Crippen molar-refractivity contribution < 1.29 is 18.8 Å². The Morgan fingerprint density at radius 2 is 2.26 bits per heavy atom. The molecule has 1 amide bonds. The third-order valence-corrected chi connectivity index (χ3v) is 3.18. The first-order valence-corrected chi connectivity index (χ1v) is 6.51. The summed E-state index contributed by atoms with van der Waals surface area (Å²) in [5, 5.41) is 0.273. The maximum absolute atomic E-state index is 13.5. The fraction of sp³-hybridized carbons (Fsp3) is 0.462. The molecule has 1 aromatic carbocycles. The second-order valence-electron chi connectivity index (χ2n) is 4.47. The molecule has 0 aromatic heterocycles. The van der Waals surface area contributed by atoms with Gasteiger partial charge in [0.15, 0.2) is 17.7 Å². The van der Waals surface area contributed by atoms with Gasteiger partial charge in [0.25, 0.3) is 5.91 Å². The first-order valence-electron chi connectivity index (χ1n) is 6.13. The van der Waals surface area contributed by atoms with E-state index < -0.39 is 17.8 Å². The van der Waals surface area contributed by atoms with Gasteiger partial charge < -0.3 is 4.74 Å². The smallest absolute Gasteiger partial charge is 0.284 e. The molecule has 1 aromatic rings. The summed E-state index contributed by atoms with van der Waals surface area (Å²) in [6.07, 6.45) is 2.24. The maximum Gasteiger partial charge on any atom is 0.284 e. The molecule has 4 nitrogen and oxygen atoms in total. The summed E-state index contributed by atoms with van der Waals surface area (Å²) in [4.78, 5) is 16.8. The summed E-state index contributed by atoms with van der Waals surface area (Å²) in [6.45, 7) is 1.52. The molecule has 0 radical (unpaired) electrons. The Labute approximate surface area is 115 Å². The maximum atomic E-state index is 13.5. The molecule has 6 heteroatoms. The van der Waals surface area contributed by atoms with Crippen LogP contribution in [0.3, 0.4) is 0 Å². The Bertz CT molecular complexity index is 465. The number of hydroxylamine groups is 1. The van der Waals surface area contributed by atoms with Crippen LogP contribution in [-0.2, 0) is 9.63 Å². The van der Waals surface area contributed by atoms with E-state index in [-0.39, 0.29) is 16.9 Å². The van der Waals surface area contributed by atoms with Crippen molar-refractivity contribution in [2.75, 3.05) is 0 Å². The molecule has 2 rings (SSSR count). The van der Waals surface area contributed by atoms with Crippen molar-refractivity contribution in [2.24, 2.45) is 0 Å². The summed E-state index contributed by atoms with van der Waals surface area (Å²) in [6, 6.07) is 4.01. The molecule has 1 fully saturated rings. The van der Waals surface area contributed by atoms with Crippen LogP contribution in [0.25, 0.3) is 0 Å². The van der Waals surface area contributed by atoms with Crippen LogP contribution in [-0.4, -0.2) is 18.1 Å². The van der Waals surface area contributed by atoms with Gasteiger partial charge in [0.2, 0.25) is 0 Å². The summed E-state index contributed by atoms with van der Waals surface area (Å²) in [5.41, 5.74) is 2.32. The number of benzene rings is 1. The van der Waals surface area contributed by atoms with Crippen molar-refractivity contribution in [3.05, 3.63) is 29.0 Å². The number of ether oxygens (including phenoxy) is 1. The number of carbonyl (C=O) groups excluding carboxylic acids is 1. The van der Waals surface area contributed by atoms with Crippen LogP contribution in [0, 0.1) is 5.82 Å². The highest BCUT2D eigenvalue weighted by atomic mass is 35.5. The highest BCUT2D eigenvalue weighted by molar-refractivity contribution is 6.30. The van der Waals surface area contributed by atoms with Gasteiger partial charge in [-0.3, -0.25) is 9.63 Å². The molecule has 1 aliphatic rings. The molecule has 1 saturated carbocycles. The van der Waals surface area contributed by atoms with Crippen LogP contribution in [0.1, 0.15) is 26.2 Å². The molecule has 0 bridgehead atoms. The second kappa shape index (κ2) is 6.21. The number of nitrogens with one attached hydrogen (secondary N) is 1. The van der Waals surface area contributed by atoms with Crippen molar-refractivity contribution in [3.8, 4) is 5.75 Å². The van der Waals surface area contributed by atoms with E-state index in [4.69, 9.17) is 21.2 Å². The third-order valence-electron chi connectivity index (χ3n) is 2.95. The first-order chi connectivity index (χ1) is 9.06. The zero-order valence-corrected chi connectivity index (χ0v) is 11.2. The highest BCUT2D eigenvalue weighted by Gasteiger charge is 2.22. The Morgan fingerprint density at radius 3 is 2.84 bits per heavy atom. The Hall–Kier alpha value is -1.33. The van der Waals surface area contributed by atoms with Crippen LogP contribution < -0.4 is 10.2 Å². The van der Waals surface area contributed by atoms with Gasteiger partial charge in [-0.2, -0.15) is 0 Å². The summed E-state index contributed by atoms with van der Waals surface area (Å²) in [5.74, 6) is -1.07. The SMILES string of the molecule is CC(Oc1ccc(Cl)cc1F)C(=O)NOC1CCC1. The summed E-state index contributed by atoms with van der Waals surface area (Å²) < 4.78 is 18.7. The van der Waals surface area contributed by atoms with Crippen LogP contribution in [0.5, 0.6) is 5.75 Å². The minimum absolute atomic E-state index is 0.0179.